The van der Waals surface area contributed by atoms with Gasteiger partial charge >= 0.3 is 0 Å². The quantitative estimate of drug-likeness (QED) is 0.275. The Balaban J connectivity index is 1.71. The minimum absolute atomic E-state index is 0.0989. The monoisotopic (exact) mass is 460 g/mol. The number of aromatic nitrogens is 4. The molecule has 0 fully saturated rings. The molecule has 2 heterocycles. The molecule has 0 N–H and O–H groups in total. The molecule has 0 bridgehead atoms. The lowest BCUT2D eigenvalue weighted by Crippen LogP contribution is -2.24. The number of para-hydroxylation sites is 1. The van der Waals surface area contributed by atoms with E-state index in [2.05, 4.69) is 10.2 Å². The third kappa shape index (κ3) is 4.61. The lowest BCUT2D eigenvalue weighted by molar-refractivity contribution is 0.0748. The molecule has 0 atom stereocenters. The van der Waals surface area contributed by atoms with Crippen LogP contribution in [-0.4, -0.2) is 31.9 Å². The van der Waals surface area contributed by atoms with Gasteiger partial charge in [0, 0.05) is 23.9 Å². The highest BCUT2D eigenvalue weighted by atomic mass is 35.5. The van der Waals surface area contributed by atoms with Gasteiger partial charge in [0.2, 0.25) is 5.78 Å². The number of halogens is 2. The maximum absolute atomic E-state index is 13.3. The highest BCUT2D eigenvalue weighted by molar-refractivity contribution is 7.98. The van der Waals surface area contributed by atoms with Crippen LogP contribution in [0.4, 0.5) is 4.39 Å². The number of hydrogen-bond acceptors (Lipinski definition) is 5. The summed E-state index contributed by atoms with van der Waals surface area (Å²) in [5, 5.41) is 10.3. The standard InChI is InChI=1S/C22H22ClFN4O2S/c1-14(2)30-11-5-10-27-20(29)17-6-3-4-7-19(17)28-21(27)25-26-22(28)31-13-15-8-9-16(24)12-18(15)23/h3-4,6-9,12,14H,5,10-11,13H2,1-2H3. The van der Waals surface area contributed by atoms with Crippen LogP contribution in [0.25, 0.3) is 16.7 Å². The van der Waals surface area contributed by atoms with Crippen molar-refractivity contribution in [1.29, 1.82) is 0 Å². The van der Waals surface area contributed by atoms with Gasteiger partial charge in [-0.25, -0.2) is 4.39 Å². The molecule has 31 heavy (non-hydrogen) atoms. The maximum atomic E-state index is 13.3. The van der Waals surface area contributed by atoms with Crippen LogP contribution < -0.4 is 5.56 Å². The number of nitrogens with zero attached hydrogens (tertiary/aromatic N) is 4. The second kappa shape index (κ2) is 9.38. The minimum atomic E-state index is -0.372. The van der Waals surface area contributed by atoms with Gasteiger partial charge in [-0.05, 0) is 50.1 Å². The average molecular weight is 461 g/mol. The van der Waals surface area contributed by atoms with E-state index >= 15 is 0 Å². The summed E-state index contributed by atoms with van der Waals surface area (Å²) in [5.74, 6) is 0.611. The molecule has 0 spiro atoms. The number of fused-ring (bicyclic) bond motifs is 3. The maximum Gasteiger partial charge on any atom is 0.262 e. The van der Waals surface area contributed by atoms with Gasteiger partial charge < -0.3 is 4.74 Å². The van der Waals surface area contributed by atoms with Crippen LogP contribution in [0.2, 0.25) is 5.02 Å². The van der Waals surface area contributed by atoms with Crippen molar-refractivity contribution in [3.8, 4) is 0 Å². The van der Waals surface area contributed by atoms with Crippen molar-refractivity contribution in [3.05, 3.63) is 69.2 Å². The van der Waals surface area contributed by atoms with E-state index in [-0.39, 0.29) is 17.5 Å². The molecule has 0 aliphatic heterocycles. The van der Waals surface area contributed by atoms with Gasteiger partial charge in [0.15, 0.2) is 5.16 Å². The van der Waals surface area contributed by atoms with Crippen molar-refractivity contribution < 1.29 is 9.13 Å². The molecule has 2 aromatic heterocycles. The summed E-state index contributed by atoms with van der Waals surface area (Å²) in [6, 6.07) is 11.8. The molecule has 6 nitrogen and oxygen atoms in total. The fourth-order valence-corrected chi connectivity index (χ4v) is 4.61. The average Bonchev–Trinajstić information content (AvgIpc) is 3.16. The van der Waals surface area contributed by atoms with Crippen molar-refractivity contribution in [3.63, 3.8) is 0 Å². The van der Waals surface area contributed by atoms with Crippen LogP contribution in [0, 0.1) is 5.82 Å². The third-order valence-corrected chi connectivity index (χ3v) is 6.16. The molecule has 4 aromatic rings. The van der Waals surface area contributed by atoms with E-state index in [4.69, 9.17) is 16.3 Å². The van der Waals surface area contributed by atoms with E-state index in [0.717, 1.165) is 11.1 Å². The van der Waals surface area contributed by atoms with E-state index in [1.54, 1.807) is 10.6 Å². The first-order valence-electron chi connectivity index (χ1n) is 10.0. The van der Waals surface area contributed by atoms with Gasteiger partial charge in [0.1, 0.15) is 5.82 Å². The van der Waals surface area contributed by atoms with E-state index in [9.17, 15) is 9.18 Å². The summed E-state index contributed by atoms with van der Waals surface area (Å²) in [6.45, 7) is 5.00. The molecule has 4 rings (SSSR count). The Bertz CT molecular complexity index is 1290. The van der Waals surface area contributed by atoms with Gasteiger partial charge in [-0.1, -0.05) is 41.6 Å². The van der Waals surface area contributed by atoms with Crippen LogP contribution in [0.3, 0.4) is 0 Å². The zero-order valence-electron chi connectivity index (χ0n) is 17.2. The summed E-state index contributed by atoms with van der Waals surface area (Å²) in [6.07, 6.45) is 0.829. The first kappa shape index (κ1) is 21.8. The number of hydrogen-bond donors (Lipinski definition) is 0. The van der Waals surface area contributed by atoms with Crippen molar-refractivity contribution in [2.75, 3.05) is 6.61 Å². The number of benzene rings is 2. The van der Waals surface area contributed by atoms with Crippen molar-refractivity contribution in [2.24, 2.45) is 0 Å². The summed E-state index contributed by atoms with van der Waals surface area (Å²) >= 11 is 7.60. The lowest BCUT2D eigenvalue weighted by atomic mass is 10.2. The van der Waals surface area contributed by atoms with Gasteiger partial charge in [-0.2, -0.15) is 0 Å². The summed E-state index contributed by atoms with van der Waals surface area (Å²) < 4.78 is 22.5. The smallest absolute Gasteiger partial charge is 0.262 e. The number of ether oxygens (including phenoxy) is 1. The molecule has 0 aliphatic carbocycles. The summed E-state index contributed by atoms with van der Waals surface area (Å²) in [7, 11) is 0. The highest BCUT2D eigenvalue weighted by Crippen LogP contribution is 2.28. The normalized spacial score (nSPS) is 11.8. The van der Waals surface area contributed by atoms with Gasteiger partial charge in [-0.15, -0.1) is 10.2 Å². The molecular weight excluding hydrogens is 439 g/mol. The molecule has 0 saturated carbocycles. The Kier molecular flexibility index (Phi) is 6.60. The predicted octanol–water partition coefficient (Wildman–Crippen LogP) is 4.94. The fraction of sp³-hybridized carbons (Fsp3) is 0.318. The van der Waals surface area contributed by atoms with Crippen LogP contribution in [0.1, 0.15) is 25.8 Å². The second-order valence-corrected chi connectivity index (χ2v) is 8.74. The van der Waals surface area contributed by atoms with Crippen molar-refractivity contribution in [1.82, 2.24) is 19.2 Å². The fourth-order valence-electron chi connectivity index (χ4n) is 3.35. The van der Waals surface area contributed by atoms with Gasteiger partial charge in [0.25, 0.3) is 5.56 Å². The third-order valence-electron chi connectivity index (χ3n) is 4.83. The van der Waals surface area contributed by atoms with Crippen molar-refractivity contribution in [2.45, 2.75) is 43.8 Å². The Labute approximate surface area is 188 Å². The molecule has 2 aromatic carbocycles. The number of thioether (sulfide) groups is 1. The van der Waals surface area contributed by atoms with Crippen molar-refractivity contribution >= 4 is 40.0 Å². The zero-order chi connectivity index (χ0) is 22.0. The SMILES string of the molecule is CC(C)OCCCn1c(=O)c2ccccc2n2c(SCc3ccc(F)cc3Cl)nnc12. The van der Waals surface area contributed by atoms with Gasteiger partial charge in [-0.3, -0.25) is 13.8 Å². The van der Waals surface area contributed by atoms with E-state index in [1.807, 2.05) is 42.5 Å². The first-order valence-corrected chi connectivity index (χ1v) is 11.4. The number of aryl methyl sites for hydroxylation is 1. The second-order valence-electron chi connectivity index (χ2n) is 7.39. The first-order chi connectivity index (χ1) is 15.0. The Morgan fingerprint density at radius 3 is 2.77 bits per heavy atom. The Morgan fingerprint density at radius 2 is 2.00 bits per heavy atom. The van der Waals surface area contributed by atoms with Crippen LogP contribution in [0.5, 0.6) is 0 Å². The van der Waals surface area contributed by atoms with Gasteiger partial charge in [0.05, 0.1) is 17.0 Å². The Morgan fingerprint density at radius 1 is 1.19 bits per heavy atom. The van der Waals surface area contributed by atoms with E-state index in [0.29, 0.717) is 46.7 Å². The summed E-state index contributed by atoms with van der Waals surface area (Å²) in [5.41, 5.74) is 1.45. The summed E-state index contributed by atoms with van der Waals surface area (Å²) in [4.78, 5) is 13.1. The molecule has 0 unspecified atom stereocenters. The molecule has 0 aliphatic rings. The van der Waals surface area contributed by atoms with Crippen LogP contribution in [0.15, 0.2) is 52.4 Å². The largest absolute Gasteiger partial charge is 0.379 e. The zero-order valence-corrected chi connectivity index (χ0v) is 18.8. The topological polar surface area (TPSA) is 61.4 Å². The molecule has 0 amide bonds. The number of rotatable bonds is 8. The minimum Gasteiger partial charge on any atom is -0.379 e. The Hall–Kier alpha value is -2.42. The molecule has 0 saturated heterocycles. The predicted molar refractivity (Wildman–Crippen MR) is 121 cm³/mol. The van der Waals surface area contributed by atoms with E-state index in [1.165, 1.54) is 23.9 Å². The molecule has 0 radical (unpaired) electrons. The molecule has 9 heteroatoms. The van der Waals surface area contributed by atoms with E-state index < -0.39 is 0 Å². The van der Waals surface area contributed by atoms with Crippen LogP contribution in [-0.2, 0) is 17.0 Å². The molecular formula is C22H22ClFN4O2S. The van der Waals surface area contributed by atoms with Crippen LogP contribution >= 0.6 is 23.4 Å². The highest BCUT2D eigenvalue weighted by Gasteiger charge is 2.17. The lowest BCUT2D eigenvalue weighted by Gasteiger charge is -2.12. The molecule has 162 valence electrons.